The average molecular weight is 243 g/mol. The van der Waals surface area contributed by atoms with Gasteiger partial charge in [-0.3, -0.25) is 4.79 Å². The van der Waals surface area contributed by atoms with Crippen molar-refractivity contribution in [3.05, 3.63) is 35.4 Å². The summed E-state index contributed by atoms with van der Waals surface area (Å²) in [7, 11) is 0. The van der Waals surface area contributed by atoms with Crippen molar-refractivity contribution < 1.29 is 9.90 Å². The van der Waals surface area contributed by atoms with Crippen molar-refractivity contribution in [1.29, 1.82) is 0 Å². The van der Waals surface area contributed by atoms with Crippen molar-refractivity contribution in [3.8, 4) is 0 Å². The predicted molar refractivity (Wildman–Crippen MR) is 71.3 cm³/mol. The Morgan fingerprint density at radius 1 is 1.39 bits per heavy atom. The van der Waals surface area contributed by atoms with Gasteiger partial charge in [-0.1, -0.05) is 12.1 Å². The van der Waals surface area contributed by atoms with Crippen LogP contribution in [0, 0.1) is 0 Å². The molecule has 0 fully saturated rings. The molecule has 1 aromatic carbocycles. The lowest BCUT2D eigenvalue weighted by molar-refractivity contribution is -0.119. The summed E-state index contributed by atoms with van der Waals surface area (Å²) in [5, 5.41) is 12.5. The van der Waals surface area contributed by atoms with Crippen molar-refractivity contribution in [1.82, 2.24) is 0 Å². The highest BCUT2D eigenvalue weighted by Gasteiger charge is 2.38. The Kier molecular flexibility index (Phi) is 2.35. The minimum Gasteiger partial charge on any atom is -0.389 e. The van der Waals surface area contributed by atoms with Crippen molar-refractivity contribution in [2.24, 2.45) is 0 Å². The molecule has 3 nitrogen and oxygen atoms in total. The Morgan fingerprint density at radius 2 is 2.17 bits per heavy atom. The molecule has 1 aliphatic heterocycles. The molecule has 1 amide bonds. The molecule has 1 aromatic rings. The molecule has 1 aliphatic carbocycles. The average Bonchev–Trinajstić information content (AvgIpc) is 2.83. The summed E-state index contributed by atoms with van der Waals surface area (Å²) in [4.78, 5) is 11.9. The minimum absolute atomic E-state index is 0.0510. The number of allylic oxidation sites excluding steroid dienone is 1. The van der Waals surface area contributed by atoms with Crippen LogP contribution in [0.3, 0.4) is 0 Å². The van der Waals surface area contributed by atoms with Gasteiger partial charge in [-0.25, -0.2) is 0 Å². The third-order valence-corrected chi connectivity index (χ3v) is 3.98. The molecule has 3 heteroatoms. The number of hydrogen-bond acceptors (Lipinski definition) is 2. The molecule has 18 heavy (non-hydrogen) atoms. The molecular formula is C15H17NO2. The van der Waals surface area contributed by atoms with Crippen molar-refractivity contribution in [2.45, 2.75) is 38.2 Å². The van der Waals surface area contributed by atoms with Gasteiger partial charge in [0.1, 0.15) is 0 Å². The highest BCUT2D eigenvalue weighted by atomic mass is 16.3. The number of fused-ring (bicyclic) bond motifs is 1. The second-order valence-corrected chi connectivity index (χ2v) is 5.64. The van der Waals surface area contributed by atoms with Crippen molar-refractivity contribution in [2.75, 3.05) is 5.32 Å². The first-order chi connectivity index (χ1) is 8.48. The van der Waals surface area contributed by atoms with Gasteiger partial charge in [0.2, 0.25) is 5.91 Å². The molecule has 0 saturated heterocycles. The third-order valence-electron chi connectivity index (χ3n) is 3.98. The summed E-state index contributed by atoms with van der Waals surface area (Å²) >= 11 is 0. The van der Waals surface area contributed by atoms with Gasteiger partial charge >= 0.3 is 0 Å². The number of carbonyl (C=O) groups excluding carboxylic acids is 1. The van der Waals surface area contributed by atoms with E-state index in [9.17, 15) is 9.90 Å². The van der Waals surface area contributed by atoms with E-state index in [0.717, 1.165) is 29.7 Å². The SMILES string of the molecule is CC1(C)C(=O)Nc2ccc(C3=CC(O)CC3)cc21. The van der Waals surface area contributed by atoms with Gasteiger partial charge in [0.05, 0.1) is 11.5 Å². The lowest BCUT2D eigenvalue weighted by atomic mass is 9.84. The van der Waals surface area contributed by atoms with Crippen molar-refractivity contribution >= 4 is 17.2 Å². The summed E-state index contributed by atoms with van der Waals surface area (Å²) in [6, 6.07) is 6.06. The monoisotopic (exact) mass is 243 g/mol. The number of rotatable bonds is 1. The Balaban J connectivity index is 2.05. The number of aliphatic hydroxyl groups excluding tert-OH is 1. The molecule has 0 spiro atoms. The van der Waals surface area contributed by atoms with E-state index in [1.807, 2.05) is 32.1 Å². The molecule has 0 bridgehead atoms. The Hall–Kier alpha value is -1.61. The maximum Gasteiger partial charge on any atom is 0.234 e. The zero-order chi connectivity index (χ0) is 12.9. The van der Waals surface area contributed by atoms with Gasteiger partial charge in [0.15, 0.2) is 0 Å². The molecule has 0 aromatic heterocycles. The number of aliphatic hydroxyl groups is 1. The highest BCUT2D eigenvalue weighted by molar-refractivity contribution is 6.05. The number of benzene rings is 1. The van der Waals surface area contributed by atoms with Gasteiger partial charge in [-0.15, -0.1) is 0 Å². The lowest BCUT2D eigenvalue weighted by Gasteiger charge is -2.16. The molecule has 2 aliphatic rings. The summed E-state index contributed by atoms with van der Waals surface area (Å²) < 4.78 is 0. The number of amides is 1. The molecule has 1 unspecified atom stereocenters. The molecule has 1 atom stereocenters. The van der Waals surface area contributed by atoms with Crippen LogP contribution >= 0.6 is 0 Å². The fraction of sp³-hybridized carbons (Fsp3) is 0.400. The number of carbonyl (C=O) groups is 1. The van der Waals surface area contributed by atoms with Crippen LogP contribution in [0.4, 0.5) is 5.69 Å². The minimum atomic E-state index is -0.469. The summed E-state index contributed by atoms with van der Waals surface area (Å²) in [5.74, 6) is 0.0510. The van der Waals surface area contributed by atoms with Gasteiger partial charge < -0.3 is 10.4 Å². The summed E-state index contributed by atoms with van der Waals surface area (Å²) in [5.41, 5.74) is 3.79. The maximum absolute atomic E-state index is 11.9. The maximum atomic E-state index is 11.9. The lowest BCUT2D eigenvalue weighted by Crippen LogP contribution is -2.26. The fourth-order valence-electron chi connectivity index (χ4n) is 2.71. The number of hydrogen-bond donors (Lipinski definition) is 2. The standard InChI is InChI=1S/C15H17NO2/c1-15(2)12-8-10(9-3-5-11(17)7-9)4-6-13(12)16-14(15)18/h4,6-8,11,17H,3,5H2,1-2H3,(H,16,18). The Morgan fingerprint density at radius 3 is 2.83 bits per heavy atom. The first-order valence-corrected chi connectivity index (χ1v) is 6.33. The Labute approximate surface area is 107 Å². The van der Waals surface area contributed by atoms with Crippen LogP contribution in [0.2, 0.25) is 0 Å². The highest BCUT2D eigenvalue weighted by Crippen LogP contribution is 2.40. The molecular weight excluding hydrogens is 226 g/mol. The van der Waals surface area contributed by atoms with E-state index < -0.39 is 5.41 Å². The van der Waals surface area contributed by atoms with E-state index in [-0.39, 0.29) is 12.0 Å². The smallest absolute Gasteiger partial charge is 0.234 e. The topological polar surface area (TPSA) is 49.3 Å². The molecule has 3 rings (SSSR count). The van der Waals surface area contributed by atoms with E-state index in [4.69, 9.17) is 0 Å². The second-order valence-electron chi connectivity index (χ2n) is 5.64. The first-order valence-electron chi connectivity index (χ1n) is 6.33. The molecule has 0 radical (unpaired) electrons. The Bertz CT molecular complexity index is 558. The van der Waals surface area contributed by atoms with E-state index >= 15 is 0 Å². The zero-order valence-corrected chi connectivity index (χ0v) is 10.7. The molecule has 0 saturated carbocycles. The van der Waals surface area contributed by atoms with Crippen LogP contribution in [-0.4, -0.2) is 17.1 Å². The van der Waals surface area contributed by atoms with E-state index in [0.29, 0.717) is 0 Å². The van der Waals surface area contributed by atoms with E-state index in [2.05, 4.69) is 11.4 Å². The zero-order valence-electron chi connectivity index (χ0n) is 10.7. The van der Waals surface area contributed by atoms with Crippen LogP contribution in [0.1, 0.15) is 37.8 Å². The molecule has 94 valence electrons. The molecule has 2 N–H and O–H groups in total. The third kappa shape index (κ3) is 1.58. The summed E-state index contributed by atoms with van der Waals surface area (Å²) in [6.07, 6.45) is 3.30. The van der Waals surface area contributed by atoms with Crippen molar-refractivity contribution in [3.63, 3.8) is 0 Å². The van der Waals surface area contributed by atoms with Gasteiger partial charge in [-0.2, -0.15) is 0 Å². The summed E-state index contributed by atoms with van der Waals surface area (Å²) in [6.45, 7) is 3.88. The number of anilines is 1. The van der Waals surface area contributed by atoms with E-state index in [1.54, 1.807) is 0 Å². The van der Waals surface area contributed by atoms with E-state index in [1.165, 1.54) is 5.57 Å². The predicted octanol–water partition coefficient (Wildman–Crippen LogP) is 2.45. The van der Waals surface area contributed by atoms with Crippen LogP contribution in [0.15, 0.2) is 24.3 Å². The van der Waals surface area contributed by atoms with Crippen LogP contribution in [0.5, 0.6) is 0 Å². The van der Waals surface area contributed by atoms with Crippen LogP contribution < -0.4 is 5.32 Å². The largest absolute Gasteiger partial charge is 0.389 e. The quantitative estimate of drug-likeness (QED) is 0.796. The van der Waals surface area contributed by atoms with Crippen LogP contribution in [-0.2, 0) is 10.2 Å². The second kappa shape index (κ2) is 3.69. The first kappa shape index (κ1) is 11.5. The molecule has 1 heterocycles. The fourth-order valence-corrected chi connectivity index (χ4v) is 2.71. The van der Waals surface area contributed by atoms with Gasteiger partial charge in [-0.05, 0) is 55.5 Å². The van der Waals surface area contributed by atoms with Gasteiger partial charge in [0.25, 0.3) is 0 Å². The normalized spacial score (nSPS) is 24.7. The van der Waals surface area contributed by atoms with Gasteiger partial charge in [0, 0.05) is 5.69 Å². The van der Waals surface area contributed by atoms with Crippen LogP contribution in [0.25, 0.3) is 5.57 Å². The number of nitrogens with one attached hydrogen (secondary N) is 1.